The number of aromatic nitrogens is 2. The summed E-state index contributed by atoms with van der Waals surface area (Å²) in [7, 11) is 0. The fourth-order valence-electron chi connectivity index (χ4n) is 4.09. The fraction of sp³-hybridized carbons (Fsp3) is 0.391. The zero-order chi connectivity index (χ0) is 19.6. The maximum absolute atomic E-state index is 9.49. The lowest BCUT2D eigenvalue weighted by Crippen LogP contribution is -2.47. The van der Waals surface area contributed by atoms with Gasteiger partial charge in [0.05, 0.1) is 0 Å². The monoisotopic (exact) mass is 386 g/mol. The van der Waals surface area contributed by atoms with Crippen molar-refractivity contribution in [1.82, 2.24) is 14.3 Å². The largest absolute Gasteiger partial charge is 0.369 e. The second kappa shape index (κ2) is 7.76. The van der Waals surface area contributed by atoms with Crippen molar-refractivity contribution in [3.63, 3.8) is 0 Å². The molecule has 29 heavy (non-hydrogen) atoms. The lowest BCUT2D eigenvalue weighted by atomic mass is 10.1. The van der Waals surface area contributed by atoms with E-state index in [-0.39, 0.29) is 0 Å². The van der Waals surface area contributed by atoms with Crippen molar-refractivity contribution in [2.45, 2.75) is 19.4 Å². The minimum absolute atomic E-state index is 0.543. The van der Waals surface area contributed by atoms with E-state index in [1.807, 2.05) is 28.8 Å². The van der Waals surface area contributed by atoms with E-state index in [0.29, 0.717) is 18.1 Å². The normalized spacial score (nSPS) is 17.4. The number of anilines is 2. The summed E-state index contributed by atoms with van der Waals surface area (Å²) in [6, 6.07) is 16.8. The highest BCUT2D eigenvalue weighted by Crippen LogP contribution is 2.30. The summed E-state index contributed by atoms with van der Waals surface area (Å²) in [4.78, 5) is 9.64. The number of pyridine rings is 1. The van der Waals surface area contributed by atoms with Crippen molar-refractivity contribution in [2.75, 3.05) is 42.9 Å². The van der Waals surface area contributed by atoms with Gasteiger partial charge in [-0.05, 0) is 48.6 Å². The van der Waals surface area contributed by atoms with E-state index in [0.717, 1.165) is 24.7 Å². The Morgan fingerprint density at radius 3 is 2.55 bits per heavy atom. The summed E-state index contributed by atoms with van der Waals surface area (Å²) in [6.45, 7) is 6.50. The van der Waals surface area contributed by atoms with E-state index in [1.54, 1.807) is 0 Å². The first kappa shape index (κ1) is 18.0. The Balaban J connectivity index is 1.20. The van der Waals surface area contributed by atoms with Gasteiger partial charge in [0.25, 0.3) is 0 Å². The summed E-state index contributed by atoms with van der Waals surface area (Å²) >= 11 is 0. The number of nitrogens with one attached hydrogen (secondary N) is 1. The van der Waals surface area contributed by atoms with Gasteiger partial charge in [0, 0.05) is 51.2 Å². The summed E-state index contributed by atoms with van der Waals surface area (Å²) in [5.74, 6) is 1.61. The van der Waals surface area contributed by atoms with E-state index in [2.05, 4.69) is 50.4 Å². The third kappa shape index (κ3) is 3.92. The molecule has 0 spiro atoms. The molecular weight excluding hydrogens is 360 g/mol. The van der Waals surface area contributed by atoms with Crippen LogP contribution in [0, 0.1) is 17.2 Å². The highest BCUT2D eigenvalue weighted by atomic mass is 15.3. The Hall–Kier alpha value is -3.04. The highest BCUT2D eigenvalue weighted by molar-refractivity contribution is 5.59. The molecule has 1 saturated carbocycles. The van der Waals surface area contributed by atoms with Gasteiger partial charge in [-0.3, -0.25) is 9.30 Å². The molecule has 1 aromatic carbocycles. The predicted octanol–water partition coefficient (Wildman–Crippen LogP) is 3.35. The van der Waals surface area contributed by atoms with Crippen LogP contribution in [0.15, 0.2) is 48.7 Å². The van der Waals surface area contributed by atoms with Crippen LogP contribution in [0.25, 0.3) is 5.65 Å². The molecule has 3 aromatic rings. The fourth-order valence-corrected chi connectivity index (χ4v) is 4.09. The third-order valence-electron chi connectivity index (χ3n) is 5.98. The van der Waals surface area contributed by atoms with Crippen LogP contribution in [0.4, 0.5) is 11.5 Å². The Labute approximate surface area is 171 Å². The summed E-state index contributed by atoms with van der Waals surface area (Å²) in [5.41, 5.74) is 3.80. The molecule has 1 N–H and O–H groups in total. The Kier molecular flexibility index (Phi) is 4.82. The van der Waals surface area contributed by atoms with Crippen LogP contribution in [-0.4, -0.2) is 47.0 Å². The number of rotatable bonds is 6. The van der Waals surface area contributed by atoms with E-state index in [4.69, 9.17) is 0 Å². The van der Waals surface area contributed by atoms with Crippen LogP contribution >= 0.6 is 0 Å². The van der Waals surface area contributed by atoms with Gasteiger partial charge in [0.2, 0.25) is 0 Å². The van der Waals surface area contributed by atoms with Crippen molar-refractivity contribution >= 4 is 17.2 Å². The van der Waals surface area contributed by atoms with Crippen molar-refractivity contribution in [2.24, 2.45) is 5.92 Å². The SMILES string of the molecule is N#Cc1c(NCc2ccc(N3CCN(CC4CC4)CC3)cc2)nc2ccccn12. The number of hydrogen-bond donors (Lipinski definition) is 1. The van der Waals surface area contributed by atoms with E-state index in [9.17, 15) is 5.26 Å². The molecule has 0 bridgehead atoms. The molecule has 0 atom stereocenters. The predicted molar refractivity (Wildman–Crippen MR) is 115 cm³/mol. The third-order valence-corrected chi connectivity index (χ3v) is 5.98. The summed E-state index contributed by atoms with van der Waals surface area (Å²) in [6.07, 6.45) is 4.73. The lowest BCUT2D eigenvalue weighted by molar-refractivity contribution is 0.248. The van der Waals surface area contributed by atoms with Gasteiger partial charge >= 0.3 is 0 Å². The molecule has 2 aromatic heterocycles. The lowest BCUT2D eigenvalue weighted by Gasteiger charge is -2.36. The van der Waals surface area contributed by atoms with Crippen LogP contribution < -0.4 is 10.2 Å². The Morgan fingerprint density at radius 2 is 1.83 bits per heavy atom. The van der Waals surface area contributed by atoms with Gasteiger partial charge in [-0.1, -0.05) is 18.2 Å². The number of nitrogens with zero attached hydrogens (tertiary/aromatic N) is 5. The van der Waals surface area contributed by atoms with Gasteiger partial charge in [-0.15, -0.1) is 0 Å². The topological polar surface area (TPSA) is 59.6 Å². The van der Waals surface area contributed by atoms with Crippen molar-refractivity contribution in [1.29, 1.82) is 5.26 Å². The first-order valence-electron chi connectivity index (χ1n) is 10.5. The van der Waals surface area contributed by atoms with Gasteiger partial charge in [0.15, 0.2) is 11.5 Å². The molecule has 0 amide bonds. The Bertz CT molecular complexity index is 1020. The first-order chi connectivity index (χ1) is 14.3. The molecule has 0 unspecified atom stereocenters. The standard InChI is InChI=1S/C23H26N6/c24-15-21-23(26-22-3-1-2-10-29(21)22)25-16-18-6-8-20(9-7-18)28-13-11-27(12-14-28)17-19-4-5-19/h1-3,6-10,19,25H,4-5,11-14,16-17H2. The molecule has 1 saturated heterocycles. The molecule has 148 valence electrons. The van der Waals surface area contributed by atoms with Crippen LogP contribution in [-0.2, 0) is 6.54 Å². The average Bonchev–Trinajstić information content (AvgIpc) is 3.51. The second-order valence-corrected chi connectivity index (χ2v) is 8.10. The Morgan fingerprint density at radius 1 is 1.03 bits per heavy atom. The molecule has 3 heterocycles. The second-order valence-electron chi connectivity index (χ2n) is 8.10. The first-order valence-corrected chi connectivity index (χ1v) is 10.5. The summed E-state index contributed by atoms with van der Waals surface area (Å²) in [5, 5.41) is 12.8. The number of hydrogen-bond acceptors (Lipinski definition) is 5. The molecule has 2 fully saturated rings. The molecule has 2 aliphatic rings. The molecule has 1 aliphatic carbocycles. The molecule has 5 rings (SSSR count). The summed E-state index contributed by atoms with van der Waals surface area (Å²) < 4.78 is 1.81. The van der Waals surface area contributed by atoms with Gasteiger partial charge in [-0.25, -0.2) is 4.98 Å². The van der Waals surface area contributed by atoms with Gasteiger partial charge in [-0.2, -0.15) is 5.26 Å². The zero-order valence-corrected chi connectivity index (χ0v) is 16.6. The van der Waals surface area contributed by atoms with Crippen LogP contribution in [0.5, 0.6) is 0 Å². The molecule has 0 radical (unpaired) electrons. The molecule has 6 heteroatoms. The number of benzene rings is 1. The van der Waals surface area contributed by atoms with Crippen LogP contribution in [0.1, 0.15) is 24.1 Å². The zero-order valence-electron chi connectivity index (χ0n) is 16.6. The highest BCUT2D eigenvalue weighted by Gasteiger charge is 2.26. The van der Waals surface area contributed by atoms with Gasteiger partial charge in [0.1, 0.15) is 11.7 Å². The van der Waals surface area contributed by atoms with Crippen molar-refractivity contribution in [3.8, 4) is 6.07 Å². The maximum atomic E-state index is 9.49. The molecule has 6 nitrogen and oxygen atoms in total. The van der Waals surface area contributed by atoms with Crippen molar-refractivity contribution < 1.29 is 0 Å². The molecular formula is C23H26N6. The van der Waals surface area contributed by atoms with Crippen LogP contribution in [0.2, 0.25) is 0 Å². The van der Waals surface area contributed by atoms with E-state index in [1.165, 1.54) is 43.7 Å². The number of imidazole rings is 1. The minimum Gasteiger partial charge on any atom is -0.369 e. The number of nitriles is 1. The number of piperazine rings is 1. The number of fused-ring (bicyclic) bond motifs is 1. The quantitative estimate of drug-likeness (QED) is 0.704. The van der Waals surface area contributed by atoms with Gasteiger partial charge < -0.3 is 10.2 Å². The smallest absolute Gasteiger partial charge is 0.168 e. The van der Waals surface area contributed by atoms with E-state index < -0.39 is 0 Å². The van der Waals surface area contributed by atoms with Crippen LogP contribution in [0.3, 0.4) is 0 Å². The molecule has 1 aliphatic heterocycles. The van der Waals surface area contributed by atoms with E-state index >= 15 is 0 Å². The minimum atomic E-state index is 0.543. The van der Waals surface area contributed by atoms with Crippen molar-refractivity contribution in [3.05, 3.63) is 59.9 Å². The maximum Gasteiger partial charge on any atom is 0.168 e. The average molecular weight is 387 g/mol.